The molecule has 21 heavy (non-hydrogen) atoms. The van der Waals surface area contributed by atoms with Gasteiger partial charge in [-0.15, -0.1) is 0 Å². The molecule has 0 aliphatic heterocycles. The Labute approximate surface area is 148 Å². The summed E-state index contributed by atoms with van der Waals surface area (Å²) in [6, 6.07) is 11.2. The van der Waals surface area contributed by atoms with E-state index in [0.29, 0.717) is 15.1 Å². The molecule has 1 atom stereocenters. The summed E-state index contributed by atoms with van der Waals surface area (Å²) in [7, 11) is 0. The van der Waals surface area contributed by atoms with Gasteiger partial charge in [-0.2, -0.15) is 0 Å². The highest BCUT2D eigenvalue weighted by Crippen LogP contribution is 2.35. The van der Waals surface area contributed by atoms with Crippen molar-refractivity contribution in [2.75, 3.05) is 6.54 Å². The van der Waals surface area contributed by atoms with Crippen LogP contribution in [-0.2, 0) is 0 Å². The third kappa shape index (κ3) is 4.37. The molecular formula is C16H15BrCl3N. The Morgan fingerprint density at radius 2 is 1.62 bits per heavy atom. The molecule has 0 bridgehead atoms. The third-order valence-electron chi connectivity index (χ3n) is 3.14. The maximum absolute atomic E-state index is 6.36. The normalized spacial score (nSPS) is 12.4. The predicted octanol–water partition coefficient (Wildman–Crippen LogP) is 6.50. The number of hydrogen-bond acceptors (Lipinski definition) is 1. The van der Waals surface area contributed by atoms with Gasteiger partial charge in [0.15, 0.2) is 0 Å². The molecular weight excluding hydrogens is 392 g/mol. The zero-order valence-electron chi connectivity index (χ0n) is 11.5. The minimum atomic E-state index is -0.0655. The summed E-state index contributed by atoms with van der Waals surface area (Å²) >= 11 is 22.2. The second-order valence-corrected chi connectivity index (χ2v) is 6.85. The number of benzene rings is 2. The molecule has 0 saturated heterocycles. The monoisotopic (exact) mass is 405 g/mol. The molecule has 112 valence electrons. The first-order chi connectivity index (χ1) is 10.0. The zero-order valence-corrected chi connectivity index (χ0v) is 15.3. The lowest BCUT2D eigenvalue weighted by Gasteiger charge is -2.22. The van der Waals surface area contributed by atoms with Crippen LogP contribution in [0.5, 0.6) is 0 Å². The molecule has 0 radical (unpaired) electrons. The first-order valence-corrected chi connectivity index (χ1v) is 8.59. The summed E-state index contributed by atoms with van der Waals surface area (Å²) in [5.41, 5.74) is 1.99. The van der Waals surface area contributed by atoms with Crippen molar-refractivity contribution in [2.24, 2.45) is 0 Å². The van der Waals surface area contributed by atoms with Gasteiger partial charge in [0.05, 0.1) is 6.04 Å². The molecule has 2 aromatic rings. The van der Waals surface area contributed by atoms with Crippen molar-refractivity contribution < 1.29 is 0 Å². The lowest BCUT2D eigenvalue weighted by molar-refractivity contribution is 0.597. The van der Waals surface area contributed by atoms with Crippen LogP contribution in [0, 0.1) is 0 Å². The van der Waals surface area contributed by atoms with Gasteiger partial charge in [0, 0.05) is 19.5 Å². The van der Waals surface area contributed by atoms with Gasteiger partial charge in [-0.3, -0.25) is 0 Å². The van der Waals surface area contributed by atoms with E-state index in [1.807, 2.05) is 30.3 Å². The van der Waals surface area contributed by atoms with E-state index < -0.39 is 0 Å². The van der Waals surface area contributed by atoms with Gasteiger partial charge < -0.3 is 5.32 Å². The van der Waals surface area contributed by atoms with Gasteiger partial charge in [0.1, 0.15) is 0 Å². The highest BCUT2D eigenvalue weighted by molar-refractivity contribution is 9.10. The Kier molecular flexibility index (Phi) is 6.39. The molecule has 0 aliphatic carbocycles. The van der Waals surface area contributed by atoms with Gasteiger partial charge >= 0.3 is 0 Å². The number of rotatable bonds is 5. The van der Waals surface area contributed by atoms with Crippen LogP contribution < -0.4 is 5.32 Å². The van der Waals surface area contributed by atoms with Crippen molar-refractivity contribution in [1.82, 2.24) is 5.32 Å². The summed E-state index contributed by atoms with van der Waals surface area (Å²) in [5.74, 6) is 0. The van der Waals surface area contributed by atoms with Crippen molar-refractivity contribution in [1.29, 1.82) is 0 Å². The van der Waals surface area contributed by atoms with Crippen LogP contribution in [0.1, 0.15) is 30.5 Å². The maximum Gasteiger partial charge on any atom is 0.0603 e. The second-order valence-electron chi connectivity index (χ2n) is 4.72. The van der Waals surface area contributed by atoms with E-state index in [4.69, 9.17) is 34.8 Å². The van der Waals surface area contributed by atoms with E-state index in [1.165, 1.54) is 0 Å². The number of halogens is 4. The van der Waals surface area contributed by atoms with Gasteiger partial charge in [0.2, 0.25) is 0 Å². The maximum atomic E-state index is 6.36. The third-order valence-corrected chi connectivity index (χ3v) is 4.67. The molecule has 1 unspecified atom stereocenters. The van der Waals surface area contributed by atoms with Crippen LogP contribution in [0.3, 0.4) is 0 Å². The average Bonchev–Trinajstić information content (AvgIpc) is 2.46. The molecule has 2 aromatic carbocycles. The van der Waals surface area contributed by atoms with Crippen molar-refractivity contribution >= 4 is 50.7 Å². The van der Waals surface area contributed by atoms with Gasteiger partial charge in [0.25, 0.3) is 0 Å². The van der Waals surface area contributed by atoms with Crippen LogP contribution in [0.2, 0.25) is 15.1 Å². The fraction of sp³-hybridized carbons (Fsp3) is 0.250. The second kappa shape index (κ2) is 7.85. The van der Waals surface area contributed by atoms with Crippen LogP contribution in [-0.4, -0.2) is 6.54 Å². The highest BCUT2D eigenvalue weighted by Gasteiger charge is 2.19. The quantitative estimate of drug-likeness (QED) is 0.597. The molecule has 2 rings (SSSR count). The average molecular weight is 408 g/mol. The van der Waals surface area contributed by atoms with E-state index in [-0.39, 0.29) is 6.04 Å². The van der Waals surface area contributed by atoms with E-state index in [0.717, 1.165) is 28.6 Å². The van der Waals surface area contributed by atoms with E-state index in [9.17, 15) is 0 Å². The molecule has 0 aliphatic rings. The lowest BCUT2D eigenvalue weighted by Crippen LogP contribution is -2.24. The smallest absolute Gasteiger partial charge is 0.0603 e. The van der Waals surface area contributed by atoms with Crippen molar-refractivity contribution in [3.63, 3.8) is 0 Å². The number of hydrogen-bond donors (Lipinski definition) is 1. The van der Waals surface area contributed by atoms with Crippen molar-refractivity contribution in [3.05, 3.63) is 67.1 Å². The lowest BCUT2D eigenvalue weighted by atomic mass is 9.98. The minimum Gasteiger partial charge on any atom is -0.306 e. The van der Waals surface area contributed by atoms with Gasteiger partial charge in [-0.05, 0) is 60.5 Å². The van der Waals surface area contributed by atoms with Crippen LogP contribution in [0.25, 0.3) is 0 Å². The van der Waals surface area contributed by atoms with Crippen molar-refractivity contribution in [3.8, 4) is 0 Å². The number of nitrogens with one attached hydrogen (secondary N) is 1. The summed E-state index contributed by atoms with van der Waals surface area (Å²) in [5, 5.41) is 5.54. The van der Waals surface area contributed by atoms with Gasteiger partial charge in [-0.1, -0.05) is 57.7 Å². The Bertz CT molecular complexity index is 579. The SMILES string of the molecule is CCCNC(c1cc(Cl)ccc1Cl)c1cc(Cl)ccc1Br. The predicted molar refractivity (Wildman–Crippen MR) is 95.8 cm³/mol. The highest BCUT2D eigenvalue weighted by atomic mass is 79.9. The molecule has 0 aromatic heterocycles. The molecule has 0 fully saturated rings. The standard InChI is InChI=1S/C16H15BrCl3N/c1-2-7-21-16(12-8-10(18)3-5-14(12)17)13-9-11(19)4-6-15(13)20/h3-6,8-9,16,21H,2,7H2,1H3. The first-order valence-electron chi connectivity index (χ1n) is 6.66. The summed E-state index contributed by atoms with van der Waals surface area (Å²) in [6.07, 6.45) is 1.02. The first kappa shape index (κ1) is 17.1. The van der Waals surface area contributed by atoms with Crippen LogP contribution in [0.4, 0.5) is 0 Å². The van der Waals surface area contributed by atoms with E-state index >= 15 is 0 Å². The Morgan fingerprint density at radius 1 is 1.00 bits per heavy atom. The summed E-state index contributed by atoms with van der Waals surface area (Å²) in [6.45, 7) is 2.99. The molecule has 0 heterocycles. The fourth-order valence-corrected chi connectivity index (χ4v) is 3.21. The largest absolute Gasteiger partial charge is 0.306 e. The molecule has 5 heteroatoms. The molecule has 1 nitrogen and oxygen atoms in total. The minimum absolute atomic E-state index is 0.0655. The Balaban J connectivity index is 2.52. The molecule has 0 saturated carbocycles. The Hall–Kier alpha value is -0.250. The molecule has 0 amide bonds. The zero-order chi connectivity index (χ0) is 15.4. The van der Waals surface area contributed by atoms with Crippen molar-refractivity contribution in [2.45, 2.75) is 19.4 Å². The topological polar surface area (TPSA) is 12.0 Å². The van der Waals surface area contributed by atoms with E-state index in [2.05, 4.69) is 28.2 Å². The molecule has 0 spiro atoms. The van der Waals surface area contributed by atoms with Crippen LogP contribution >= 0.6 is 50.7 Å². The fourth-order valence-electron chi connectivity index (χ4n) is 2.15. The van der Waals surface area contributed by atoms with Crippen LogP contribution in [0.15, 0.2) is 40.9 Å². The van der Waals surface area contributed by atoms with Gasteiger partial charge in [-0.25, -0.2) is 0 Å². The molecule has 1 N–H and O–H groups in total. The van der Waals surface area contributed by atoms with E-state index in [1.54, 1.807) is 6.07 Å². The summed E-state index contributed by atoms with van der Waals surface area (Å²) < 4.78 is 0.983. The summed E-state index contributed by atoms with van der Waals surface area (Å²) in [4.78, 5) is 0. The Morgan fingerprint density at radius 3 is 2.29 bits per heavy atom.